The maximum absolute atomic E-state index is 4.20. The third-order valence-corrected chi connectivity index (χ3v) is 3.93. The van der Waals surface area contributed by atoms with Crippen molar-refractivity contribution in [2.45, 2.75) is 13.1 Å². The van der Waals surface area contributed by atoms with Crippen LogP contribution in [0.1, 0.15) is 11.3 Å². The number of nitrogens with zero attached hydrogens (tertiary/aromatic N) is 1. The average molecular weight is 289 g/mol. The molecule has 0 aliphatic carbocycles. The molecule has 14 heavy (non-hydrogen) atoms. The molecule has 2 nitrogen and oxygen atoms in total. The highest BCUT2D eigenvalue weighted by Crippen LogP contribution is 2.20. The van der Waals surface area contributed by atoms with E-state index in [-0.39, 0.29) is 0 Å². The lowest BCUT2D eigenvalue weighted by molar-refractivity contribution is 0.684. The van der Waals surface area contributed by atoms with Crippen LogP contribution in [0.2, 0.25) is 0 Å². The van der Waals surface area contributed by atoms with Gasteiger partial charge in [-0.15, -0.1) is 22.7 Å². The topological polar surface area (TPSA) is 24.9 Å². The zero-order valence-electron chi connectivity index (χ0n) is 7.37. The minimum Gasteiger partial charge on any atom is -0.307 e. The molecule has 0 aliphatic rings. The molecule has 0 saturated heterocycles. The normalized spacial score (nSPS) is 10.6. The summed E-state index contributed by atoms with van der Waals surface area (Å²) in [6.45, 7) is 1.75. The number of halogens is 1. The molecule has 2 aromatic heterocycles. The summed E-state index contributed by atoms with van der Waals surface area (Å²) >= 11 is 6.79. The van der Waals surface area contributed by atoms with Gasteiger partial charge in [-0.25, -0.2) is 4.98 Å². The molecule has 1 N–H and O–H groups in total. The van der Waals surface area contributed by atoms with E-state index >= 15 is 0 Å². The molecule has 0 atom stereocenters. The monoisotopic (exact) mass is 288 g/mol. The largest absolute Gasteiger partial charge is 0.307 e. The van der Waals surface area contributed by atoms with Crippen molar-refractivity contribution < 1.29 is 0 Å². The number of aromatic nitrogens is 1. The number of rotatable bonds is 4. The van der Waals surface area contributed by atoms with Crippen molar-refractivity contribution in [3.8, 4) is 0 Å². The Kier molecular flexibility index (Phi) is 3.69. The van der Waals surface area contributed by atoms with Crippen LogP contribution in [0, 0.1) is 0 Å². The van der Waals surface area contributed by atoms with Gasteiger partial charge in [-0.3, -0.25) is 0 Å². The van der Waals surface area contributed by atoms with E-state index in [0.29, 0.717) is 0 Å². The van der Waals surface area contributed by atoms with Gasteiger partial charge in [0, 0.05) is 18.5 Å². The van der Waals surface area contributed by atoms with Crippen molar-refractivity contribution >= 4 is 38.6 Å². The summed E-state index contributed by atoms with van der Waals surface area (Å²) in [5.41, 5.74) is 4.29. The van der Waals surface area contributed by atoms with Gasteiger partial charge in [0.15, 0.2) is 0 Å². The summed E-state index contributed by atoms with van der Waals surface area (Å²) in [5, 5.41) is 7.56. The Morgan fingerprint density at radius 1 is 1.36 bits per heavy atom. The van der Waals surface area contributed by atoms with Crippen molar-refractivity contribution in [2.24, 2.45) is 0 Å². The first-order valence-electron chi connectivity index (χ1n) is 4.15. The van der Waals surface area contributed by atoms with Crippen LogP contribution in [-0.2, 0) is 13.1 Å². The molecule has 2 heterocycles. The summed E-state index contributed by atoms with van der Waals surface area (Å²) in [5.74, 6) is 0. The lowest BCUT2D eigenvalue weighted by Crippen LogP contribution is -2.12. The molecular weight excluding hydrogens is 280 g/mol. The fraction of sp³-hybridized carbons (Fsp3) is 0.222. The van der Waals surface area contributed by atoms with Crippen LogP contribution in [0.4, 0.5) is 0 Å². The molecule has 5 heteroatoms. The van der Waals surface area contributed by atoms with E-state index in [4.69, 9.17) is 0 Å². The van der Waals surface area contributed by atoms with Gasteiger partial charge < -0.3 is 5.32 Å². The molecule has 0 fully saturated rings. The first-order chi connectivity index (χ1) is 6.84. The molecule has 0 saturated carbocycles. The van der Waals surface area contributed by atoms with E-state index in [9.17, 15) is 0 Å². The van der Waals surface area contributed by atoms with Gasteiger partial charge in [0.1, 0.15) is 0 Å². The fourth-order valence-electron chi connectivity index (χ4n) is 1.10. The van der Waals surface area contributed by atoms with Crippen LogP contribution in [0.25, 0.3) is 0 Å². The van der Waals surface area contributed by atoms with Gasteiger partial charge in [0.05, 0.1) is 15.0 Å². The SMILES string of the molecule is Brc1cc(CNCc2cscn2)cs1. The second-order valence-corrected chi connectivity index (χ2v) is 5.85. The Balaban J connectivity index is 1.78. The van der Waals surface area contributed by atoms with Crippen LogP contribution in [0.15, 0.2) is 26.1 Å². The predicted octanol–water partition coefficient (Wildman–Crippen LogP) is 3.26. The molecular formula is C9H9BrN2S2. The minimum absolute atomic E-state index is 0.844. The molecule has 2 rings (SSSR count). The van der Waals surface area contributed by atoms with Crippen LogP contribution in [-0.4, -0.2) is 4.98 Å². The summed E-state index contributed by atoms with van der Waals surface area (Å²) in [6, 6.07) is 2.14. The quantitative estimate of drug-likeness (QED) is 0.934. The predicted molar refractivity (Wildman–Crippen MR) is 64.7 cm³/mol. The maximum Gasteiger partial charge on any atom is 0.0795 e. The molecule has 74 valence electrons. The van der Waals surface area contributed by atoms with Gasteiger partial charge in [-0.05, 0) is 32.9 Å². The van der Waals surface area contributed by atoms with Gasteiger partial charge in [0.25, 0.3) is 0 Å². The first-order valence-corrected chi connectivity index (χ1v) is 6.77. The van der Waals surface area contributed by atoms with Gasteiger partial charge in [0.2, 0.25) is 0 Å². The van der Waals surface area contributed by atoms with Crippen molar-refractivity contribution in [2.75, 3.05) is 0 Å². The smallest absolute Gasteiger partial charge is 0.0795 e. The van der Waals surface area contributed by atoms with Crippen LogP contribution >= 0.6 is 38.6 Å². The average Bonchev–Trinajstić information content (AvgIpc) is 2.77. The van der Waals surface area contributed by atoms with E-state index in [1.54, 1.807) is 22.7 Å². The molecule has 2 aromatic rings. The number of thiazole rings is 1. The Hall–Kier alpha value is -0.230. The molecule has 0 spiro atoms. The molecule has 0 aromatic carbocycles. The van der Waals surface area contributed by atoms with Gasteiger partial charge in [-0.1, -0.05) is 0 Å². The molecule has 0 aliphatic heterocycles. The number of nitrogens with one attached hydrogen (secondary N) is 1. The van der Waals surface area contributed by atoms with E-state index in [0.717, 1.165) is 18.8 Å². The van der Waals surface area contributed by atoms with Crippen LogP contribution in [0.5, 0.6) is 0 Å². The Morgan fingerprint density at radius 3 is 2.93 bits per heavy atom. The zero-order chi connectivity index (χ0) is 9.80. The molecule has 0 unspecified atom stereocenters. The summed E-state index contributed by atoms with van der Waals surface area (Å²) in [7, 11) is 0. The zero-order valence-corrected chi connectivity index (χ0v) is 10.6. The Labute approximate surface area is 99.1 Å². The second-order valence-electron chi connectivity index (χ2n) is 2.84. The highest BCUT2D eigenvalue weighted by atomic mass is 79.9. The van der Waals surface area contributed by atoms with E-state index in [1.807, 2.05) is 5.51 Å². The van der Waals surface area contributed by atoms with Crippen molar-refractivity contribution in [1.29, 1.82) is 0 Å². The fourth-order valence-corrected chi connectivity index (χ4v) is 2.87. The molecule has 0 bridgehead atoms. The number of thiophene rings is 1. The van der Waals surface area contributed by atoms with Crippen molar-refractivity contribution in [3.63, 3.8) is 0 Å². The van der Waals surface area contributed by atoms with Crippen molar-refractivity contribution in [1.82, 2.24) is 10.3 Å². The number of hydrogen-bond donors (Lipinski definition) is 1. The molecule has 0 amide bonds. The Bertz CT molecular complexity index is 383. The summed E-state index contributed by atoms with van der Waals surface area (Å²) in [4.78, 5) is 4.20. The second kappa shape index (κ2) is 5.02. The van der Waals surface area contributed by atoms with Gasteiger partial charge >= 0.3 is 0 Å². The third-order valence-electron chi connectivity index (χ3n) is 1.74. The number of hydrogen-bond acceptors (Lipinski definition) is 4. The third kappa shape index (κ3) is 2.88. The Morgan fingerprint density at radius 2 is 2.29 bits per heavy atom. The van der Waals surface area contributed by atoms with E-state index in [2.05, 4.69) is 43.1 Å². The lowest BCUT2D eigenvalue weighted by Gasteiger charge is -1.99. The molecule has 0 radical (unpaired) electrons. The van der Waals surface area contributed by atoms with Gasteiger partial charge in [-0.2, -0.15) is 0 Å². The summed E-state index contributed by atoms with van der Waals surface area (Å²) < 4.78 is 1.18. The lowest BCUT2D eigenvalue weighted by atomic mass is 10.3. The summed E-state index contributed by atoms with van der Waals surface area (Å²) in [6.07, 6.45) is 0. The standard InChI is InChI=1S/C9H9BrN2S2/c10-9-1-7(4-14-9)2-11-3-8-5-13-6-12-8/h1,4-6,11H,2-3H2. The minimum atomic E-state index is 0.844. The highest BCUT2D eigenvalue weighted by Gasteiger charge is 1.97. The van der Waals surface area contributed by atoms with Crippen LogP contribution in [0.3, 0.4) is 0 Å². The van der Waals surface area contributed by atoms with Crippen molar-refractivity contribution in [3.05, 3.63) is 37.4 Å². The highest BCUT2D eigenvalue weighted by molar-refractivity contribution is 9.11. The maximum atomic E-state index is 4.20. The van der Waals surface area contributed by atoms with Crippen LogP contribution < -0.4 is 5.32 Å². The first kappa shape index (κ1) is 10.3. The van der Waals surface area contributed by atoms with E-state index in [1.165, 1.54) is 9.35 Å². The van der Waals surface area contributed by atoms with E-state index < -0.39 is 0 Å².